The zero-order valence-electron chi connectivity index (χ0n) is 14.1. The summed E-state index contributed by atoms with van der Waals surface area (Å²) >= 11 is 0. The summed E-state index contributed by atoms with van der Waals surface area (Å²) in [6.07, 6.45) is 2.93. The summed E-state index contributed by atoms with van der Waals surface area (Å²) < 4.78 is 4.74. The molecule has 0 aliphatic carbocycles. The van der Waals surface area contributed by atoms with Crippen LogP contribution in [0.5, 0.6) is 0 Å². The Hall–Kier alpha value is -2.31. The van der Waals surface area contributed by atoms with Gasteiger partial charge in [-0.15, -0.1) is 0 Å². The molecule has 0 spiro atoms. The van der Waals surface area contributed by atoms with Gasteiger partial charge in [0.1, 0.15) is 5.82 Å². The Morgan fingerprint density at radius 2 is 1.75 bits per heavy atom. The fourth-order valence-corrected chi connectivity index (χ4v) is 3.39. The second kappa shape index (κ2) is 7.51. The van der Waals surface area contributed by atoms with Gasteiger partial charge in [-0.05, 0) is 25.0 Å². The smallest absolute Gasteiger partial charge is 0.409 e. The quantitative estimate of drug-likeness (QED) is 0.814. The minimum absolute atomic E-state index is 0.0207. The number of hydrogen-bond acceptors (Lipinski definition) is 5. The fourth-order valence-electron chi connectivity index (χ4n) is 3.39. The van der Waals surface area contributed by atoms with Crippen LogP contribution in [0, 0.1) is 5.92 Å². The number of piperidine rings is 1. The van der Waals surface area contributed by atoms with Crippen molar-refractivity contribution in [3.63, 3.8) is 0 Å². The van der Waals surface area contributed by atoms with Gasteiger partial charge in [-0.3, -0.25) is 4.79 Å². The molecular weight excluding hydrogens is 308 g/mol. The molecule has 2 aliphatic rings. The van der Waals surface area contributed by atoms with Crippen LogP contribution in [0.4, 0.5) is 10.6 Å². The number of anilines is 1. The molecule has 0 saturated carbocycles. The van der Waals surface area contributed by atoms with E-state index in [2.05, 4.69) is 9.88 Å². The van der Waals surface area contributed by atoms with Crippen molar-refractivity contribution in [1.29, 1.82) is 0 Å². The third-order valence-electron chi connectivity index (χ3n) is 4.84. The number of carbonyl (C=O) groups excluding carboxylic acids is 2. The van der Waals surface area contributed by atoms with Gasteiger partial charge in [0.05, 0.1) is 7.11 Å². The topological polar surface area (TPSA) is 66.0 Å². The molecule has 0 unspecified atom stereocenters. The molecule has 3 rings (SSSR count). The van der Waals surface area contributed by atoms with Crippen molar-refractivity contribution in [2.75, 3.05) is 51.3 Å². The zero-order valence-corrected chi connectivity index (χ0v) is 14.1. The third-order valence-corrected chi connectivity index (χ3v) is 4.84. The summed E-state index contributed by atoms with van der Waals surface area (Å²) in [5.41, 5.74) is 0. The minimum Gasteiger partial charge on any atom is -0.453 e. The van der Waals surface area contributed by atoms with Gasteiger partial charge >= 0.3 is 6.09 Å². The molecule has 2 aliphatic heterocycles. The number of likely N-dealkylation sites (tertiary alicyclic amines) is 1. The minimum atomic E-state index is -0.301. The molecule has 1 aromatic rings. The molecular formula is C17H24N4O3. The van der Waals surface area contributed by atoms with E-state index in [1.54, 1.807) is 11.1 Å². The van der Waals surface area contributed by atoms with E-state index in [0.29, 0.717) is 25.9 Å². The predicted octanol–water partition coefficient (Wildman–Crippen LogP) is 1.21. The number of amides is 2. The molecule has 0 atom stereocenters. The highest BCUT2D eigenvalue weighted by Crippen LogP contribution is 2.21. The lowest BCUT2D eigenvalue weighted by Gasteiger charge is -2.38. The Morgan fingerprint density at radius 1 is 1.04 bits per heavy atom. The number of ether oxygens (including phenoxy) is 1. The molecule has 2 saturated heterocycles. The van der Waals surface area contributed by atoms with E-state index in [1.807, 2.05) is 23.1 Å². The maximum atomic E-state index is 12.7. The van der Waals surface area contributed by atoms with Crippen molar-refractivity contribution in [2.45, 2.75) is 12.8 Å². The van der Waals surface area contributed by atoms with Gasteiger partial charge in [0.2, 0.25) is 5.91 Å². The van der Waals surface area contributed by atoms with Gasteiger partial charge in [0.25, 0.3) is 0 Å². The van der Waals surface area contributed by atoms with Gasteiger partial charge in [0, 0.05) is 51.4 Å². The zero-order chi connectivity index (χ0) is 16.9. The Balaban J connectivity index is 1.48. The lowest BCUT2D eigenvalue weighted by Crippen LogP contribution is -2.52. The summed E-state index contributed by atoms with van der Waals surface area (Å²) in [5, 5.41) is 0. The van der Waals surface area contributed by atoms with Crippen LogP contribution in [0.1, 0.15) is 12.8 Å². The van der Waals surface area contributed by atoms with Crippen LogP contribution in [0.25, 0.3) is 0 Å². The first-order chi connectivity index (χ1) is 11.7. The van der Waals surface area contributed by atoms with Gasteiger partial charge in [-0.2, -0.15) is 0 Å². The second-order valence-corrected chi connectivity index (χ2v) is 6.23. The summed E-state index contributed by atoms with van der Waals surface area (Å²) in [5.74, 6) is 1.21. The largest absolute Gasteiger partial charge is 0.453 e. The maximum absolute atomic E-state index is 12.7. The van der Waals surface area contributed by atoms with Crippen molar-refractivity contribution in [3.8, 4) is 0 Å². The van der Waals surface area contributed by atoms with Crippen LogP contribution >= 0.6 is 0 Å². The molecule has 3 heterocycles. The summed E-state index contributed by atoms with van der Waals surface area (Å²) in [7, 11) is 1.39. The lowest BCUT2D eigenvalue weighted by molar-refractivity contribution is -0.137. The Kier molecular flexibility index (Phi) is 5.17. The summed E-state index contributed by atoms with van der Waals surface area (Å²) in [6.45, 7) is 4.26. The summed E-state index contributed by atoms with van der Waals surface area (Å²) in [6, 6.07) is 5.89. The van der Waals surface area contributed by atoms with Gasteiger partial charge in [-0.25, -0.2) is 9.78 Å². The average molecular weight is 332 g/mol. The molecule has 2 amide bonds. The molecule has 7 nitrogen and oxygen atoms in total. The van der Waals surface area contributed by atoms with Crippen molar-refractivity contribution >= 4 is 17.8 Å². The Labute approximate surface area is 142 Å². The van der Waals surface area contributed by atoms with Gasteiger partial charge < -0.3 is 19.4 Å². The molecule has 0 aromatic carbocycles. The first-order valence-corrected chi connectivity index (χ1v) is 8.46. The predicted molar refractivity (Wildman–Crippen MR) is 89.7 cm³/mol. The number of nitrogens with zero attached hydrogens (tertiary/aromatic N) is 4. The number of hydrogen-bond donors (Lipinski definition) is 0. The highest BCUT2D eigenvalue weighted by atomic mass is 16.5. The van der Waals surface area contributed by atoms with E-state index in [9.17, 15) is 9.59 Å². The van der Waals surface area contributed by atoms with Crippen molar-refractivity contribution in [2.24, 2.45) is 5.92 Å². The van der Waals surface area contributed by atoms with Crippen molar-refractivity contribution in [1.82, 2.24) is 14.8 Å². The van der Waals surface area contributed by atoms with Crippen molar-refractivity contribution < 1.29 is 14.3 Å². The van der Waals surface area contributed by atoms with E-state index < -0.39 is 0 Å². The molecule has 0 N–H and O–H groups in total. The van der Waals surface area contributed by atoms with Crippen LogP contribution in [0.2, 0.25) is 0 Å². The van der Waals surface area contributed by atoms with Gasteiger partial charge in [0.15, 0.2) is 0 Å². The van der Waals surface area contributed by atoms with Gasteiger partial charge in [-0.1, -0.05) is 6.07 Å². The summed E-state index contributed by atoms with van der Waals surface area (Å²) in [4.78, 5) is 34.4. The van der Waals surface area contributed by atoms with Crippen LogP contribution in [0.15, 0.2) is 24.4 Å². The Morgan fingerprint density at radius 3 is 2.33 bits per heavy atom. The van der Waals surface area contributed by atoms with Crippen LogP contribution in [-0.4, -0.2) is 73.2 Å². The Bertz CT molecular complexity index is 564. The van der Waals surface area contributed by atoms with E-state index in [0.717, 1.165) is 32.0 Å². The standard InChI is InChI=1S/C17H24N4O3/c1-24-17(23)21-8-5-14(6-9-21)16(22)20-12-10-19(11-13-20)15-4-2-3-7-18-15/h2-4,7,14H,5-6,8-13H2,1H3. The van der Waals surface area contributed by atoms with E-state index in [1.165, 1.54) is 7.11 Å². The number of aromatic nitrogens is 1. The first-order valence-electron chi connectivity index (χ1n) is 8.46. The molecule has 24 heavy (non-hydrogen) atoms. The SMILES string of the molecule is COC(=O)N1CCC(C(=O)N2CCN(c3ccccn3)CC2)CC1. The molecule has 1 aromatic heterocycles. The second-order valence-electron chi connectivity index (χ2n) is 6.23. The van der Waals surface area contributed by atoms with Crippen molar-refractivity contribution in [3.05, 3.63) is 24.4 Å². The van der Waals surface area contributed by atoms with E-state index in [4.69, 9.17) is 4.74 Å². The number of carbonyl (C=O) groups is 2. The van der Waals surface area contributed by atoms with Crippen LogP contribution in [0.3, 0.4) is 0 Å². The molecule has 0 radical (unpaired) electrons. The monoisotopic (exact) mass is 332 g/mol. The molecule has 7 heteroatoms. The number of methoxy groups -OCH3 is 1. The van der Waals surface area contributed by atoms with Crippen LogP contribution in [-0.2, 0) is 9.53 Å². The number of piperazine rings is 1. The number of pyridine rings is 1. The maximum Gasteiger partial charge on any atom is 0.409 e. The van der Waals surface area contributed by atoms with E-state index in [-0.39, 0.29) is 17.9 Å². The van der Waals surface area contributed by atoms with E-state index >= 15 is 0 Å². The molecule has 130 valence electrons. The lowest BCUT2D eigenvalue weighted by atomic mass is 9.95. The fraction of sp³-hybridized carbons (Fsp3) is 0.588. The first kappa shape index (κ1) is 16.5. The average Bonchev–Trinajstić information content (AvgIpc) is 2.68. The molecule has 2 fully saturated rings. The molecule has 0 bridgehead atoms. The van der Waals surface area contributed by atoms with Crippen LogP contribution < -0.4 is 4.90 Å². The highest BCUT2D eigenvalue weighted by Gasteiger charge is 2.32. The third kappa shape index (κ3) is 3.60. The highest BCUT2D eigenvalue weighted by molar-refractivity contribution is 5.79. The number of rotatable bonds is 2. The normalized spacial score (nSPS) is 19.3.